The number of rotatable bonds is 4. The minimum absolute atomic E-state index is 0.194. The highest BCUT2D eigenvalue weighted by molar-refractivity contribution is 7.09. The van der Waals surface area contributed by atoms with Gasteiger partial charge in [0.2, 0.25) is 0 Å². The molecule has 0 spiro atoms. The molecule has 0 saturated carbocycles. The maximum atomic E-state index is 11.9. The average Bonchev–Trinajstić information content (AvgIpc) is 2.82. The van der Waals surface area contributed by atoms with Crippen LogP contribution in [0.3, 0.4) is 0 Å². The van der Waals surface area contributed by atoms with Crippen molar-refractivity contribution < 1.29 is 4.79 Å². The number of pyridine rings is 1. The van der Waals surface area contributed by atoms with Gasteiger partial charge in [-0.05, 0) is 19.1 Å². The van der Waals surface area contributed by atoms with E-state index >= 15 is 0 Å². The molecule has 0 radical (unpaired) electrons. The zero-order valence-electron chi connectivity index (χ0n) is 10.2. The number of aryl methyl sites for hydroxylation is 1. The molecular weight excluding hydrogens is 248 g/mol. The van der Waals surface area contributed by atoms with Gasteiger partial charge in [0.1, 0.15) is 10.7 Å². The Balaban J connectivity index is 1.99. The SMILES string of the molecule is CNc1ccnc(C(=O)NCc2nc(C)cs2)c1. The van der Waals surface area contributed by atoms with E-state index in [0.29, 0.717) is 12.2 Å². The van der Waals surface area contributed by atoms with Crippen LogP contribution in [0.1, 0.15) is 21.2 Å². The van der Waals surface area contributed by atoms with Crippen molar-refractivity contribution in [3.05, 3.63) is 40.1 Å². The minimum Gasteiger partial charge on any atom is -0.388 e. The van der Waals surface area contributed by atoms with Crippen molar-refractivity contribution in [2.75, 3.05) is 12.4 Å². The highest BCUT2D eigenvalue weighted by atomic mass is 32.1. The molecule has 0 atom stereocenters. The number of carbonyl (C=O) groups is 1. The summed E-state index contributed by atoms with van der Waals surface area (Å²) in [5, 5.41) is 8.62. The number of thiazole rings is 1. The van der Waals surface area contributed by atoms with E-state index < -0.39 is 0 Å². The highest BCUT2D eigenvalue weighted by Gasteiger charge is 2.08. The molecule has 18 heavy (non-hydrogen) atoms. The quantitative estimate of drug-likeness (QED) is 0.882. The van der Waals surface area contributed by atoms with Gasteiger partial charge >= 0.3 is 0 Å². The van der Waals surface area contributed by atoms with Crippen LogP contribution in [-0.4, -0.2) is 22.9 Å². The molecule has 0 aromatic carbocycles. The molecule has 0 aliphatic rings. The number of anilines is 1. The fourth-order valence-corrected chi connectivity index (χ4v) is 2.15. The first kappa shape index (κ1) is 12.5. The number of hydrogen-bond acceptors (Lipinski definition) is 5. The van der Waals surface area contributed by atoms with E-state index in [1.54, 1.807) is 25.4 Å². The molecule has 2 aromatic rings. The van der Waals surface area contributed by atoms with Crippen LogP contribution in [-0.2, 0) is 6.54 Å². The number of nitrogens with one attached hydrogen (secondary N) is 2. The van der Waals surface area contributed by atoms with Crippen LogP contribution in [0.15, 0.2) is 23.7 Å². The second-order valence-electron chi connectivity index (χ2n) is 3.75. The van der Waals surface area contributed by atoms with E-state index in [-0.39, 0.29) is 5.91 Å². The third-order valence-corrected chi connectivity index (χ3v) is 3.31. The van der Waals surface area contributed by atoms with E-state index in [4.69, 9.17) is 0 Å². The lowest BCUT2D eigenvalue weighted by atomic mass is 10.3. The third kappa shape index (κ3) is 3.04. The molecule has 2 heterocycles. The number of amides is 1. The first-order valence-corrected chi connectivity index (χ1v) is 6.40. The van der Waals surface area contributed by atoms with Gasteiger partial charge in [-0.1, -0.05) is 0 Å². The molecule has 0 unspecified atom stereocenters. The van der Waals surface area contributed by atoms with E-state index in [1.165, 1.54) is 11.3 Å². The minimum atomic E-state index is -0.194. The lowest BCUT2D eigenvalue weighted by Gasteiger charge is -2.04. The molecule has 0 bridgehead atoms. The molecule has 0 fully saturated rings. The van der Waals surface area contributed by atoms with E-state index in [9.17, 15) is 4.79 Å². The van der Waals surface area contributed by atoms with Gasteiger partial charge < -0.3 is 10.6 Å². The maximum absolute atomic E-state index is 11.9. The van der Waals surface area contributed by atoms with Crippen molar-refractivity contribution >= 4 is 22.9 Å². The number of nitrogens with zero attached hydrogens (tertiary/aromatic N) is 2. The van der Waals surface area contributed by atoms with Crippen molar-refractivity contribution in [2.24, 2.45) is 0 Å². The largest absolute Gasteiger partial charge is 0.388 e. The van der Waals surface area contributed by atoms with Crippen molar-refractivity contribution in [1.82, 2.24) is 15.3 Å². The molecule has 2 aromatic heterocycles. The molecule has 94 valence electrons. The Hall–Kier alpha value is -1.95. The molecule has 0 aliphatic carbocycles. The fraction of sp³-hybridized carbons (Fsp3) is 0.250. The Morgan fingerprint density at radius 3 is 3.00 bits per heavy atom. The van der Waals surface area contributed by atoms with Crippen molar-refractivity contribution in [1.29, 1.82) is 0 Å². The van der Waals surface area contributed by atoms with Crippen LogP contribution in [0, 0.1) is 6.92 Å². The Morgan fingerprint density at radius 1 is 1.50 bits per heavy atom. The highest BCUT2D eigenvalue weighted by Crippen LogP contribution is 2.09. The molecule has 0 saturated heterocycles. The van der Waals surface area contributed by atoms with Gasteiger partial charge in [0, 0.05) is 30.0 Å². The van der Waals surface area contributed by atoms with Gasteiger partial charge in [-0.25, -0.2) is 4.98 Å². The van der Waals surface area contributed by atoms with Crippen LogP contribution in [0.25, 0.3) is 0 Å². The predicted octanol–water partition coefficient (Wildman–Crippen LogP) is 1.82. The number of aromatic nitrogens is 2. The molecule has 1 amide bonds. The molecule has 6 heteroatoms. The summed E-state index contributed by atoms with van der Waals surface area (Å²) in [6.45, 7) is 2.36. The van der Waals surface area contributed by atoms with E-state index in [1.807, 2.05) is 12.3 Å². The summed E-state index contributed by atoms with van der Waals surface area (Å²) >= 11 is 1.54. The van der Waals surface area contributed by atoms with E-state index in [0.717, 1.165) is 16.4 Å². The Labute approximate surface area is 109 Å². The number of carbonyl (C=O) groups excluding carboxylic acids is 1. The van der Waals surface area contributed by atoms with Gasteiger partial charge in [0.15, 0.2) is 0 Å². The molecule has 2 N–H and O–H groups in total. The van der Waals surface area contributed by atoms with Crippen LogP contribution >= 0.6 is 11.3 Å². The second-order valence-corrected chi connectivity index (χ2v) is 4.69. The molecule has 5 nitrogen and oxygen atoms in total. The lowest BCUT2D eigenvalue weighted by molar-refractivity contribution is 0.0946. The first-order valence-electron chi connectivity index (χ1n) is 5.52. The Morgan fingerprint density at radius 2 is 2.33 bits per heavy atom. The van der Waals surface area contributed by atoms with Crippen LogP contribution < -0.4 is 10.6 Å². The average molecular weight is 262 g/mol. The molecule has 0 aliphatic heterocycles. The van der Waals surface area contributed by atoms with Gasteiger partial charge in [0.05, 0.1) is 6.54 Å². The normalized spacial score (nSPS) is 10.1. The van der Waals surface area contributed by atoms with Crippen molar-refractivity contribution in [3.63, 3.8) is 0 Å². The summed E-state index contributed by atoms with van der Waals surface area (Å²) < 4.78 is 0. The second kappa shape index (κ2) is 5.59. The van der Waals surface area contributed by atoms with Gasteiger partial charge in [-0.2, -0.15) is 0 Å². The predicted molar refractivity (Wildman–Crippen MR) is 71.8 cm³/mol. The van der Waals surface area contributed by atoms with Gasteiger partial charge in [-0.15, -0.1) is 11.3 Å². The zero-order chi connectivity index (χ0) is 13.0. The van der Waals surface area contributed by atoms with Crippen molar-refractivity contribution in [2.45, 2.75) is 13.5 Å². The number of hydrogen-bond donors (Lipinski definition) is 2. The fourth-order valence-electron chi connectivity index (χ4n) is 1.44. The monoisotopic (exact) mass is 262 g/mol. The summed E-state index contributed by atoms with van der Waals surface area (Å²) in [5.41, 5.74) is 2.23. The standard InChI is InChI=1S/C12H14N4OS/c1-8-7-18-11(16-8)6-15-12(17)10-5-9(13-2)3-4-14-10/h3-5,7H,6H2,1-2H3,(H,13,14)(H,15,17). The zero-order valence-corrected chi connectivity index (χ0v) is 11.0. The third-order valence-electron chi connectivity index (χ3n) is 2.35. The van der Waals surface area contributed by atoms with Gasteiger partial charge in [-0.3, -0.25) is 9.78 Å². The van der Waals surface area contributed by atoms with Crippen LogP contribution in [0.5, 0.6) is 0 Å². The summed E-state index contributed by atoms with van der Waals surface area (Å²) in [5.74, 6) is -0.194. The Bertz CT molecular complexity index is 553. The summed E-state index contributed by atoms with van der Waals surface area (Å²) in [4.78, 5) is 20.2. The van der Waals surface area contributed by atoms with Crippen LogP contribution in [0.4, 0.5) is 5.69 Å². The summed E-state index contributed by atoms with van der Waals surface area (Å²) in [6, 6.07) is 3.52. The van der Waals surface area contributed by atoms with Crippen LogP contribution in [0.2, 0.25) is 0 Å². The first-order chi connectivity index (χ1) is 8.69. The lowest BCUT2D eigenvalue weighted by Crippen LogP contribution is -2.23. The van der Waals surface area contributed by atoms with Crippen molar-refractivity contribution in [3.8, 4) is 0 Å². The van der Waals surface area contributed by atoms with Gasteiger partial charge in [0.25, 0.3) is 5.91 Å². The molecular formula is C12H14N4OS. The smallest absolute Gasteiger partial charge is 0.270 e. The molecule has 2 rings (SSSR count). The Kier molecular flexibility index (Phi) is 3.88. The topological polar surface area (TPSA) is 66.9 Å². The summed E-state index contributed by atoms with van der Waals surface area (Å²) in [7, 11) is 1.80. The summed E-state index contributed by atoms with van der Waals surface area (Å²) in [6.07, 6.45) is 1.61. The van der Waals surface area contributed by atoms with E-state index in [2.05, 4.69) is 20.6 Å². The maximum Gasteiger partial charge on any atom is 0.270 e.